The first-order valence-electron chi connectivity index (χ1n) is 5.97. The fraction of sp³-hybridized carbons (Fsp3) is 0.267. The standard InChI is InChI=1S/C15H16N2O/c1-10(9-16)18-15-13(11(2)17)8-7-12-5-3-4-6-14(12)15/h3-8,10-11H,17H2,1-2H3/t10?,11-/m1/s1. The van der Waals surface area contributed by atoms with Crippen molar-refractivity contribution in [2.45, 2.75) is 26.0 Å². The van der Waals surface area contributed by atoms with Crippen molar-refractivity contribution in [2.75, 3.05) is 0 Å². The molecule has 2 atom stereocenters. The molecular weight excluding hydrogens is 224 g/mol. The quantitative estimate of drug-likeness (QED) is 0.896. The van der Waals surface area contributed by atoms with Crippen molar-refractivity contribution in [3.8, 4) is 11.8 Å². The second kappa shape index (κ2) is 5.07. The van der Waals surface area contributed by atoms with E-state index in [0.29, 0.717) is 0 Å². The monoisotopic (exact) mass is 240 g/mol. The summed E-state index contributed by atoms with van der Waals surface area (Å²) >= 11 is 0. The van der Waals surface area contributed by atoms with Crippen molar-refractivity contribution in [2.24, 2.45) is 5.73 Å². The van der Waals surface area contributed by atoms with E-state index in [4.69, 9.17) is 15.7 Å². The van der Waals surface area contributed by atoms with Gasteiger partial charge in [-0.05, 0) is 19.2 Å². The number of hydrogen-bond donors (Lipinski definition) is 1. The molecule has 0 fully saturated rings. The molecule has 2 aromatic carbocycles. The normalized spacial score (nSPS) is 13.9. The van der Waals surface area contributed by atoms with Crippen molar-refractivity contribution in [1.29, 1.82) is 5.26 Å². The molecule has 0 aromatic heterocycles. The van der Waals surface area contributed by atoms with Gasteiger partial charge >= 0.3 is 0 Å². The van der Waals surface area contributed by atoms with Crippen molar-refractivity contribution in [1.82, 2.24) is 0 Å². The first kappa shape index (κ1) is 12.4. The summed E-state index contributed by atoms with van der Waals surface area (Å²) in [4.78, 5) is 0. The lowest BCUT2D eigenvalue weighted by molar-refractivity contribution is 0.276. The molecule has 0 saturated heterocycles. The molecule has 0 aliphatic heterocycles. The molecule has 0 heterocycles. The van der Waals surface area contributed by atoms with Gasteiger partial charge in [-0.3, -0.25) is 0 Å². The van der Waals surface area contributed by atoms with Crippen LogP contribution >= 0.6 is 0 Å². The zero-order chi connectivity index (χ0) is 13.1. The zero-order valence-corrected chi connectivity index (χ0v) is 10.6. The van der Waals surface area contributed by atoms with Gasteiger partial charge in [-0.25, -0.2) is 0 Å². The van der Waals surface area contributed by atoms with E-state index in [1.165, 1.54) is 0 Å². The summed E-state index contributed by atoms with van der Waals surface area (Å²) in [5.74, 6) is 0.720. The molecule has 0 aliphatic carbocycles. The van der Waals surface area contributed by atoms with Gasteiger partial charge < -0.3 is 10.5 Å². The maximum absolute atomic E-state index is 8.89. The summed E-state index contributed by atoms with van der Waals surface area (Å²) < 4.78 is 5.73. The molecule has 0 amide bonds. The Morgan fingerprint density at radius 2 is 1.89 bits per heavy atom. The summed E-state index contributed by atoms with van der Waals surface area (Å²) in [5, 5.41) is 11.0. The first-order valence-corrected chi connectivity index (χ1v) is 5.97. The van der Waals surface area contributed by atoms with Crippen LogP contribution in [0.4, 0.5) is 0 Å². The summed E-state index contributed by atoms with van der Waals surface area (Å²) in [6.07, 6.45) is -0.492. The molecule has 3 heteroatoms. The predicted molar refractivity (Wildman–Crippen MR) is 72.3 cm³/mol. The number of nitriles is 1. The summed E-state index contributed by atoms with van der Waals surface area (Å²) in [6.45, 7) is 3.64. The number of rotatable bonds is 3. The van der Waals surface area contributed by atoms with Gasteiger partial charge in [0.25, 0.3) is 0 Å². The number of nitrogens with two attached hydrogens (primary N) is 1. The molecule has 92 valence electrons. The highest BCUT2D eigenvalue weighted by Gasteiger charge is 2.14. The van der Waals surface area contributed by atoms with Crippen LogP contribution in [0.2, 0.25) is 0 Å². The van der Waals surface area contributed by atoms with Gasteiger partial charge in [-0.2, -0.15) is 5.26 Å². The van der Waals surface area contributed by atoms with E-state index in [9.17, 15) is 0 Å². The van der Waals surface area contributed by atoms with Crippen molar-refractivity contribution in [3.63, 3.8) is 0 Å². The van der Waals surface area contributed by atoms with Crippen LogP contribution in [0.1, 0.15) is 25.5 Å². The Kier molecular flexibility index (Phi) is 3.50. The van der Waals surface area contributed by atoms with Gasteiger partial charge in [-0.15, -0.1) is 0 Å². The van der Waals surface area contributed by atoms with Crippen molar-refractivity contribution in [3.05, 3.63) is 42.0 Å². The Bertz CT molecular complexity index is 599. The van der Waals surface area contributed by atoms with Gasteiger partial charge in [0.1, 0.15) is 11.8 Å². The molecule has 18 heavy (non-hydrogen) atoms. The Morgan fingerprint density at radius 1 is 1.17 bits per heavy atom. The van der Waals surface area contributed by atoms with Crippen LogP contribution in [0.15, 0.2) is 36.4 Å². The molecule has 0 bridgehead atoms. The van der Waals surface area contributed by atoms with E-state index in [2.05, 4.69) is 6.07 Å². The molecule has 0 radical (unpaired) electrons. The summed E-state index contributed by atoms with van der Waals surface area (Å²) in [6, 6.07) is 13.9. The topological polar surface area (TPSA) is 59.0 Å². The lowest BCUT2D eigenvalue weighted by atomic mass is 10.0. The molecular formula is C15H16N2O. The number of ether oxygens (including phenoxy) is 1. The third-order valence-electron chi connectivity index (χ3n) is 2.88. The third kappa shape index (κ3) is 2.29. The van der Waals surface area contributed by atoms with Crippen molar-refractivity contribution >= 4 is 10.8 Å². The fourth-order valence-electron chi connectivity index (χ4n) is 1.95. The fourth-order valence-corrected chi connectivity index (χ4v) is 1.95. The summed E-state index contributed by atoms with van der Waals surface area (Å²) in [5.41, 5.74) is 6.89. The Labute approximate surface area is 107 Å². The van der Waals surface area contributed by atoms with Gasteiger partial charge in [0.05, 0.1) is 0 Å². The van der Waals surface area contributed by atoms with Crippen LogP contribution in [0.5, 0.6) is 5.75 Å². The largest absolute Gasteiger partial charge is 0.475 e. The molecule has 0 aliphatic rings. The van der Waals surface area contributed by atoms with Crippen LogP contribution in [0.25, 0.3) is 10.8 Å². The lowest BCUT2D eigenvalue weighted by Gasteiger charge is -2.17. The predicted octanol–water partition coefficient (Wildman–Crippen LogP) is 3.15. The van der Waals surface area contributed by atoms with Gasteiger partial charge in [0.15, 0.2) is 6.10 Å². The summed E-state index contributed by atoms with van der Waals surface area (Å²) in [7, 11) is 0. The Hall–Kier alpha value is -2.05. The second-order valence-corrected chi connectivity index (χ2v) is 4.38. The number of benzene rings is 2. The average molecular weight is 240 g/mol. The van der Waals surface area contributed by atoms with Crippen LogP contribution in [-0.4, -0.2) is 6.10 Å². The van der Waals surface area contributed by atoms with E-state index in [1.807, 2.05) is 43.3 Å². The Morgan fingerprint density at radius 3 is 2.56 bits per heavy atom. The SMILES string of the molecule is CC(C#N)Oc1c([C@@H](C)N)ccc2ccccc12. The zero-order valence-electron chi connectivity index (χ0n) is 10.6. The highest BCUT2D eigenvalue weighted by atomic mass is 16.5. The highest BCUT2D eigenvalue weighted by Crippen LogP contribution is 2.33. The van der Waals surface area contributed by atoms with E-state index in [1.54, 1.807) is 6.92 Å². The third-order valence-corrected chi connectivity index (χ3v) is 2.88. The number of fused-ring (bicyclic) bond motifs is 1. The molecule has 2 rings (SSSR count). The van der Waals surface area contributed by atoms with Gasteiger partial charge in [-0.1, -0.05) is 36.4 Å². The molecule has 1 unspecified atom stereocenters. The smallest absolute Gasteiger partial charge is 0.181 e. The minimum atomic E-state index is -0.492. The minimum Gasteiger partial charge on any atom is -0.475 e. The van der Waals surface area contributed by atoms with E-state index < -0.39 is 6.10 Å². The lowest BCUT2D eigenvalue weighted by Crippen LogP contribution is -2.13. The van der Waals surface area contributed by atoms with Gasteiger partial charge in [0.2, 0.25) is 0 Å². The number of nitrogens with zero attached hydrogens (tertiary/aromatic N) is 1. The average Bonchev–Trinajstić information content (AvgIpc) is 2.38. The van der Waals surface area contributed by atoms with Crippen molar-refractivity contribution < 1.29 is 4.74 Å². The van der Waals surface area contributed by atoms with E-state index >= 15 is 0 Å². The van der Waals surface area contributed by atoms with Crippen LogP contribution in [-0.2, 0) is 0 Å². The first-order chi connectivity index (χ1) is 8.63. The second-order valence-electron chi connectivity index (χ2n) is 4.38. The van der Waals surface area contributed by atoms with E-state index in [0.717, 1.165) is 22.1 Å². The molecule has 2 aromatic rings. The molecule has 2 N–H and O–H groups in total. The molecule has 3 nitrogen and oxygen atoms in total. The van der Waals surface area contributed by atoms with Crippen LogP contribution < -0.4 is 10.5 Å². The maximum Gasteiger partial charge on any atom is 0.181 e. The van der Waals surface area contributed by atoms with Crippen LogP contribution in [0, 0.1) is 11.3 Å². The maximum atomic E-state index is 8.89. The molecule has 0 spiro atoms. The van der Waals surface area contributed by atoms with E-state index in [-0.39, 0.29) is 6.04 Å². The van der Waals surface area contributed by atoms with Crippen LogP contribution in [0.3, 0.4) is 0 Å². The Balaban J connectivity index is 2.63. The van der Waals surface area contributed by atoms with Gasteiger partial charge in [0, 0.05) is 17.0 Å². The molecule has 0 saturated carbocycles. The number of hydrogen-bond acceptors (Lipinski definition) is 3. The highest BCUT2D eigenvalue weighted by molar-refractivity contribution is 5.89. The minimum absolute atomic E-state index is 0.129.